The van der Waals surface area contributed by atoms with Gasteiger partial charge in [0.15, 0.2) is 5.13 Å². The predicted octanol–water partition coefficient (Wildman–Crippen LogP) is 3.16. The SMILES string of the molecule is CCNc1ncc(C(=O)N2CCC(C(O)c3ccccc3)CC2)s1. The van der Waals surface area contributed by atoms with E-state index in [4.69, 9.17) is 0 Å². The number of likely N-dealkylation sites (tertiary alicyclic amines) is 1. The van der Waals surface area contributed by atoms with Gasteiger partial charge in [-0.3, -0.25) is 4.79 Å². The molecule has 1 fully saturated rings. The monoisotopic (exact) mass is 345 g/mol. The summed E-state index contributed by atoms with van der Waals surface area (Å²) in [4.78, 5) is 19.3. The van der Waals surface area contributed by atoms with Crippen LogP contribution in [0.1, 0.15) is 41.1 Å². The Hall–Kier alpha value is -1.92. The number of benzene rings is 1. The molecule has 0 spiro atoms. The number of thiazole rings is 1. The Bertz CT molecular complexity index is 666. The zero-order chi connectivity index (χ0) is 16.9. The van der Waals surface area contributed by atoms with E-state index >= 15 is 0 Å². The summed E-state index contributed by atoms with van der Waals surface area (Å²) in [5, 5.41) is 14.4. The van der Waals surface area contributed by atoms with Crippen LogP contribution in [0.5, 0.6) is 0 Å². The molecule has 0 saturated carbocycles. The van der Waals surface area contributed by atoms with Crippen LogP contribution in [0.25, 0.3) is 0 Å². The van der Waals surface area contributed by atoms with Crippen molar-refractivity contribution in [1.29, 1.82) is 0 Å². The van der Waals surface area contributed by atoms with E-state index in [-0.39, 0.29) is 11.8 Å². The van der Waals surface area contributed by atoms with E-state index in [1.54, 1.807) is 6.20 Å². The number of amides is 1. The van der Waals surface area contributed by atoms with Gasteiger partial charge >= 0.3 is 0 Å². The number of piperidine rings is 1. The summed E-state index contributed by atoms with van der Waals surface area (Å²) in [6.45, 7) is 4.17. The molecule has 1 aliphatic heterocycles. The van der Waals surface area contributed by atoms with E-state index in [9.17, 15) is 9.90 Å². The second-order valence-electron chi connectivity index (χ2n) is 6.05. The minimum absolute atomic E-state index is 0.0457. The average Bonchev–Trinajstić information content (AvgIpc) is 3.10. The maximum atomic E-state index is 12.6. The lowest BCUT2D eigenvalue weighted by Gasteiger charge is -2.34. The van der Waals surface area contributed by atoms with Gasteiger partial charge in [-0.25, -0.2) is 4.98 Å². The number of hydrogen-bond donors (Lipinski definition) is 2. The summed E-state index contributed by atoms with van der Waals surface area (Å²) in [6, 6.07) is 9.77. The van der Waals surface area contributed by atoms with Gasteiger partial charge in [0.25, 0.3) is 5.91 Å². The zero-order valence-corrected chi connectivity index (χ0v) is 14.6. The van der Waals surface area contributed by atoms with Crippen molar-refractivity contribution < 1.29 is 9.90 Å². The second-order valence-corrected chi connectivity index (χ2v) is 7.08. The van der Waals surface area contributed by atoms with Crippen LogP contribution in [0.15, 0.2) is 36.5 Å². The molecule has 1 atom stereocenters. The van der Waals surface area contributed by atoms with E-state index in [0.717, 1.165) is 30.1 Å². The van der Waals surface area contributed by atoms with Crippen molar-refractivity contribution in [3.63, 3.8) is 0 Å². The van der Waals surface area contributed by atoms with Gasteiger partial charge < -0.3 is 15.3 Å². The highest BCUT2D eigenvalue weighted by atomic mass is 32.1. The second kappa shape index (κ2) is 7.77. The van der Waals surface area contributed by atoms with Crippen molar-refractivity contribution in [2.45, 2.75) is 25.9 Å². The van der Waals surface area contributed by atoms with Crippen molar-refractivity contribution in [2.75, 3.05) is 25.0 Å². The molecule has 0 bridgehead atoms. The van der Waals surface area contributed by atoms with Crippen LogP contribution >= 0.6 is 11.3 Å². The van der Waals surface area contributed by atoms with Crippen molar-refractivity contribution >= 4 is 22.4 Å². The average molecular weight is 345 g/mol. The molecule has 24 heavy (non-hydrogen) atoms. The van der Waals surface area contributed by atoms with Gasteiger partial charge in [-0.2, -0.15) is 0 Å². The standard InChI is InChI=1S/C18H23N3O2S/c1-2-19-18-20-12-15(24-18)17(23)21-10-8-14(9-11-21)16(22)13-6-4-3-5-7-13/h3-7,12,14,16,22H,2,8-11H2,1H3,(H,19,20). The fraction of sp³-hybridized carbons (Fsp3) is 0.444. The number of hydrogen-bond acceptors (Lipinski definition) is 5. The van der Waals surface area contributed by atoms with Crippen molar-refractivity contribution in [3.05, 3.63) is 47.0 Å². The van der Waals surface area contributed by atoms with Crippen LogP contribution in [0.4, 0.5) is 5.13 Å². The number of aromatic nitrogens is 1. The first-order valence-corrected chi connectivity index (χ1v) is 9.22. The highest BCUT2D eigenvalue weighted by molar-refractivity contribution is 7.17. The highest BCUT2D eigenvalue weighted by Gasteiger charge is 2.29. The number of carbonyl (C=O) groups is 1. The van der Waals surface area contributed by atoms with Crippen molar-refractivity contribution in [3.8, 4) is 0 Å². The summed E-state index contributed by atoms with van der Waals surface area (Å²) in [6.07, 6.45) is 2.84. The van der Waals surface area contributed by atoms with Crippen molar-refractivity contribution in [2.24, 2.45) is 5.92 Å². The third-order valence-corrected chi connectivity index (χ3v) is 5.40. The first kappa shape index (κ1) is 16.9. The summed E-state index contributed by atoms with van der Waals surface area (Å²) in [5.74, 6) is 0.250. The lowest BCUT2D eigenvalue weighted by molar-refractivity contribution is 0.0465. The van der Waals surface area contributed by atoms with E-state index in [2.05, 4.69) is 10.3 Å². The number of nitrogens with zero attached hydrogens (tertiary/aromatic N) is 2. The van der Waals surface area contributed by atoms with Crippen LogP contribution in [0.3, 0.4) is 0 Å². The minimum Gasteiger partial charge on any atom is -0.388 e. The number of nitrogens with one attached hydrogen (secondary N) is 1. The molecule has 1 saturated heterocycles. The number of carbonyl (C=O) groups excluding carboxylic acids is 1. The van der Waals surface area contributed by atoms with Crippen LogP contribution in [-0.2, 0) is 0 Å². The highest BCUT2D eigenvalue weighted by Crippen LogP contribution is 2.31. The topological polar surface area (TPSA) is 65.5 Å². The summed E-state index contributed by atoms with van der Waals surface area (Å²) < 4.78 is 0. The lowest BCUT2D eigenvalue weighted by atomic mass is 9.87. The minimum atomic E-state index is -0.452. The fourth-order valence-electron chi connectivity index (χ4n) is 3.10. The summed E-state index contributed by atoms with van der Waals surface area (Å²) in [7, 11) is 0. The largest absolute Gasteiger partial charge is 0.388 e. The van der Waals surface area contributed by atoms with E-state index in [1.807, 2.05) is 42.2 Å². The molecule has 2 aromatic rings. The summed E-state index contributed by atoms with van der Waals surface area (Å²) >= 11 is 1.40. The molecule has 1 unspecified atom stereocenters. The van der Waals surface area contributed by atoms with Gasteiger partial charge in [-0.05, 0) is 31.2 Å². The van der Waals surface area contributed by atoms with Crippen molar-refractivity contribution in [1.82, 2.24) is 9.88 Å². The number of anilines is 1. The molecule has 1 aromatic carbocycles. The van der Waals surface area contributed by atoms with Gasteiger partial charge in [0.1, 0.15) is 4.88 Å². The molecule has 5 nitrogen and oxygen atoms in total. The zero-order valence-electron chi connectivity index (χ0n) is 13.8. The van der Waals surface area contributed by atoms with Gasteiger partial charge in [0, 0.05) is 19.6 Å². The molecule has 0 radical (unpaired) electrons. The van der Waals surface area contributed by atoms with Gasteiger partial charge in [0.2, 0.25) is 0 Å². The molecule has 1 aromatic heterocycles. The third-order valence-electron chi connectivity index (χ3n) is 4.46. The molecule has 2 heterocycles. The number of aliphatic hydroxyl groups is 1. The molecule has 6 heteroatoms. The Morgan fingerprint density at radius 1 is 1.38 bits per heavy atom. The fourth-order valence-corrected chi connectivity index (χ4v) is 3.95. The van der Waals surface area contributed by atoms with Crippen LogP contribution < -0.4 is 5.32 Å². The van der Waals surface area contributed by atoms with E-state index in [1.165, 1.54) is 11.3 Å². The first-order chi connectivity index (χ1) is 11.7. The number of aliphatic hydroxyl groups excluding tert-OH is 1. The van der Waals surface area contributed by atoms with Crippen LogP contribution in [-0.4, -0.2) is 40.5 Å². The van der Waals surface area contributed by atoms with Gasteiger partial charge in [0.05, 0.1) is 12.3 Å². The molecule has 3 rings (SSSR count). The quantitative estimate of drug-likeness (QED) is 0.874. The van der Waals surface area contributed by atoms with E-state index in [0.29, 0.717) is 18.0 Å². The van der Waals surface area contributed by atoms with Crippen LogP contribution in [0.2, 0.25) is 0 Å². The Labute approximate surface area is 146 Å². The molecular weight excluding hydrogens is 322 g/mol. The molecule has 2 N–H and O–H groups in total. The lowest BCUT2D eigenvalue weighted by Crippen LogP contribution is -2.39. The van der Waals surface area contributed by atoms with Gasteiger partial charge in [-0.1, -0.05) is 41.7 Å². The predicted molar refractivity (Wildman–Crippen MR) is 96.3 cm³/mol. The first-order valence-electron chi connectivity index (χ1n) is 8.41. The smallest absolute Gasteiger partial charge is 0.265 e. The summed E-state index contributed by atoms with van der Waals surface area (Å²) in [5.41, 5.74) is 0.958. The maximum Gasteiger partial charge on any atom is 0.265 e. The Kier molecular flexibility index (Phi) is 5.48. The maximum absolute atomic E-state index is 12.6. The third kappa shape index (κ3) is 3.76. The van der Waals surface area contributed by atoms with Crippen LogP contribution in [0, 0.1) is 5.92 Å². The normalized spacial score (nSPS) is 16.8. The number of rotatable bonds is 5. The molecule has 1 aliphatic rings. The molecule has 0 aliphatic carbocycles. The molecule has 1 amide bonds. The Balaban J connectivity index is 1.57. The molecular formula is C18H23N3O2S. The Morgan fingerprint density at radius 3 is 2.75 bits per heavy atom. The molecule has 128 valence electrons. The van der Waals surface area contributed by atoms with E-state index < -0.39 is 6.10 Å². The Morgan fingerprint density at radius 2 is 2.08 bits per heavy atom. The van der Waals surface area contributed by atoms with Gasteiger partial charge in [-0.15, -0.1) is 0 Å².